The number of hydrogen-bond donors (Lipinski definition) is 1. The number of aromatic nitrogens is 1. The monoisotopic (exact) mass is 275 g/mol. The second-order valence-corrected chi connectivity index (χ2v) is 5.48. The van der Waals surface area contributed by atoms with E-state index in [2.05, 4.69) is 17.2 Å². The van der Waals surface area contributed by atoms with Crippen LogP contribution in [0.3, 0.4) is 0 Å². The van der Waals surface area contributed by atoms with Crippen molar-refractivity contribution >= 4 is 11.6 Å². The Hall–Kier alpha value is -1.58. The van der Waals surface area contributed by atoms with Gasteiger partial charge in [0.2, 0.25) is 0 Å². The Morgan fingerprint density at radius 2 is 2.15 bits per heavy atom. The maximum atomic E-state index is 12.5. The highest BCUT2D eigenvalue weighted by Gasteiger charge is 2.23. The number of amides is 1. The third-order valence-corrected chi connectivity index (χ3v) is 3.96. The van der Waals surface area contributed by atoms with Gasteiger partial charge in [-0.25, -0.2) is 0 Å². The molecule has 4 heteroatoms. The van der Waals surface area contributed by atoms with Crippen molar-refractivity contribution < 1.29 is 4.79 Å². The number of anilines is 1. The summed E-state index contributed by atoms with van der Waals surface area (Å²) in [6, 6.07) is 3.75. The van der Waals surface area contributed by atoms with Crippen molar-refractivity contribution in [3.8, 4) is 0 Å². The molecule has 4 nitrogen and oxygen atoms in total. The molecule has 20 heavy (non-hydrogen) atoms. The normalized spacial score (nSPS) is 16.2. The Bertz CT molecular complexity index is 439. The highest BCUT2D eigenvalue weighted by molar-refractivity contribution is 5.93. The van der Waals surface area contributed by atoms with E-state index in [0.717, 1.165) is 44.1 Å². The predicted molar refractivity (Wildman–Crippen MR) is 81.9 cm³/mol. The fraction of sp³-hybridized carbons (Fsp3) is 0.625. The first-order valence-corrected chi connectivity index (χ1v) is 7.73. The van der Waals surface area contributed by atoms with Gasteiger partial charge in [0.15, 0.2) is 0 Å². The van der Waals surface area contributed by atoms with Crippen molar-refractivity contribution in [2.24, 2.45) is 5.92 Å². The molecule has 0 aliphatic carbocycles. The van der Waals surface area contributed by atoms with Crippen LogP contribution in [0.25, 0.3) is 0 Å². The highest BCUT2D eigenvalue weighted by Crippen LogP contribution is 2.22. The molecule has 1 aliphatic rings. The molecule has 0 saturated carbocycles. The summed E-state index contributed by atoms with van der Waals surface area (Å²) in [6.07, 6.45) is 6.50. The van der Waals surface area contributed by atoms with Crippen LogP contribution in [-0.4, -0.2) is 35.4 Å². The van der Waals surface area contributed by atoms with Crippen LogP contribution in [0.15, 0.2) is 18.3 Å². The fourth-order valence-corrected chi connectivity index (χ4v) is 2.86. The average Bonchev–Trinajstić information content (AvgIpc) is 2.48. The van der Waals surface area contributed by atoms with Gasteiger partial charge in [-0.3, -0.25) is 9.78 Å². The minimum Gasteiger partial charge on any atom is -0.385 e. The van der Waals surface area contributed by atoms with Gasteiger partial charge < -0.3 is 10.2 Å². The van der Waals surface area contributed by atoms with E-state index in [1.54, 1.807) is 6.20 Å². The summed E-state index contributed by atoms with van der Waals surface area (Å²) in [7, 11) is 0. The maximum absolute atomic E-state index is 12.5. The van der Waals surface area contributed by atoms with Gasteiger partial charge in [-0.1, -0.05) is 19.8 Å². The third-order valence-electron chi connectivity index (χ3n) is 3.96. The summed E-state index contributed by atoms with van der Waals surface area (Å²) in [5, 5.41) is 3.22. The summed E-state index contributed by atoms with van der Waals surface area (Å²) in [4.78, 5) is 18.6. The van der Waals surface area contributed by atoms with Gasteiger partial charge in [0, 0.05) is 31.5 Å². The molecule has 0 bridgehead atoms. The van der Waals surface area contributed by atoms with E-state index in [1.165, 1.54) is 12.8 Å². The van der Waals surface area contributed by atoms with Crippen LogP contribution in [0, 0.1) is 5.92 Å². The summed E-state index contributed by atoms with van der Waals surface area (Å²) in [5.74, 6) is 0.866. The first-order valence-electron chi connectivity index (χ1n) is 7.73. The van der Waals surface area contributed by atoms with Crippen molar-refractivity contribution in [1.29, 1.82) is 0 Å². The predicted octanol–water partition coefficient (Wildman–Crippen LogP) is 3.17. The SMILES string of the molecule is CCCC1CCN(C(=O)c2cc(NCC)ccn2)CC1. The number of likely N-dealkylation sites (tertiary alicyclic amines) is 1. The van der Waals surface area contributed by atoms with Crippen molar-refractivity contribution in [2.75, 3.05) is 25.0 Å². The van der Waals surface area contributed by atoms with Crippen LogP contribution in [0.4, 0.5) is 5.69 Å². The van der Waals surface area contributed by atoms with E-state index in [-0.39, 0.29) is 5.91 Å². The van der Waals surface area contributed by atoms with Gasteiger partial charge in [0.05, 0.1) is 0 Å². The van der Waals surface area contributed by atoms with Gasteiger partial charge in [0.1, 0.15) is 5.69 Å². The lowest BCUT2D eigenvalue weighted by Gasteiger charge is -2.31. The van der Waals surface area contributed by atoms with Gasteiger partial charge in [-0.15, -0.1) is 0 Å². The van der Waals surface area contributed by atoms with Gasteiger partial charge in [-0.05, 0) is 37.8 Å². The Morgan fingerprint density at radius 1 is 1.40 bits per heavy atom. The lowest BCUT2D eigenvalue weighted by molar-refractivity contribution is 0.0680. The van der Waals surface area contributed by atoms with Crippen molar-refractivity contribution in [3.05, 3.63) is 24.0 Å². The average molecular weight is 275 g/mol. The Kier molecular flexibility index (Phi) is 5.39. The topological polar surface area (TPSA) is 45.2 Å². The second-order valence-electron chi connectivity index (χ2n) is 5.48. The van der Waals surface area contributed by atoms with Gasteiger partial charge in [0.25, 0.3) is 5.91 Å². The van der Waals surface area contributed by atoms with Crippen LogP contribution >= 0.6 is 0 Å². The summed E-state index contributed by atoms with van der Waals surface area (Å²) in [6.45, 7) is 6.86. The number of nitrogens with zero attached hydrogens (tertiary/aromatic N) is 2. The van der Waals surface area contributed by atoms with Crippen molar-refractivity contribution in [1.82, 2.24) is 9.88 Å². The molecule has 2 rings (SSSR count). The standard InChI is InChI=1S/C16H25N3O/c1-3-5-13-7-10-19(11-8-13)16(20)15-12-14(17-4-2)6-9-18-15/h6,9,12-13H,3-5,7-8,10-11H2,1-2H3,(H,17,18). The van der Waals surface area contributed by atoms with Crippen LogP contribution < -0.4 is 5.32 Å². The summed E-state index contributed by atoms with van der Waals surface area (Å²) in [5.41, 5.74) is 1.52. The van der Waals surface area contributed by atoms with Crippen molar-refractivity contribution in [2.45, 2.75) is 39.5 Å². The molecule has 1 aliphatic heterocycles. The lowest BCUT2D eigenvalue weighted by Crippen LogP contribution is -2.38. The van der Waals surface area contributed by atoms with Crippen LogP contribution in [0.2, 0.25) is 0 Å². The third kappa shape index (κ3) is 3.71. The molecule has 1 amide bonds. The molecule has 1 aromatic rings. The molecule has 1 fully saturated rings. The molecule has 1 N–H and O–H groups in total. The smallest absolute Gasteiger partial charge is 0.272 e. The lowest BCUT2D eigenvalue weighted by atomic mass is 9.92. The first kappa shape index (κ1) is 14.8. The molecule has 1 saturated heterocycles. The largest absolute Gasteiger partial charge is 0.385 e. The molecule has 0 radical (unpaired) electrons. The van der Waals surface area contributed by atoms with E-state index in [1.807, 2.05) is 24.0 Å². The molecule has 0 unspecified atom stereocenters. The fourth-order valence-electron chi connectivity index (χ4n) is 2.86. The molecule has 110 valence electrons. The van der Waals surface area contributed by atoms with Crippen LogP contribution in [0.5, 0.6) is 0 Å². The minimum absolute atomic E-state index is 0.0692. The van der Waals surface area contributed by atoms with Crippen LogP contribution in [-0.2, 0) is 0 Å². The zero-order valence-electron chi connectivity index (χ0n) is 12.6. The minimum atomic E-state index is 0.0692. The Labute approximate surface area is 121 Å². The Morgan fingerprint density at radius 3 is 2.80 bits per heavy atom. The number of rotatable bonds is 5. The van der Waals surface area contributed by atoms with E-state index < -0.39 is 0 Å². The molecule has 0 aromatic carbocycles. The van der Waals surface area contributed by atoms with Crippen LogP contribution in [0.1, 0.15) is 50.0 Å². The first-order chi connectivity index (χ1) is 9.74. The molecule has 0 spiro atoms. The zero-order valence-corrected chi connectivity index (χ0v) is 12.6. The zero-order chi connectivity index (χ0) is 14.4. The second kappa shape index (κ2) is 7.27. The molecular formula is C16H25N3O. The number of carbonyl (C=O) groups is 1. The Balaban J connectivity index is 1.96. The number of carbonyl (C=O) groups excluding carboxylic acids is 1. The number of hydrogen-bond acceptors (Lipinski definition) is 3. The molecule has 1 aromatic heterocycles. The number of piperidine rings is 1. The van der Waals surface area contributed by atoms with E-state index in [0.29, 0.717) is 5.69 Å². The summed E-state index contributed by atoms with van der Waals surface area (Å²) < 4.78 is 0. The molecule has 2 heterocycles. The van der Waals surface area contributed by atoms with Gasteiger partial charge >= 0.3 is 0 Å². The molecule has 0 atom stereocenters. The van der Waals surface area contributed by atoms with Crippen molar-refractivity contribution in [3.63, 3.8) is 0 Å². The maximum Gasteiger partial charge on any atom is 0.272 e. The van der Waals surface area contributed by atoms with E-state index in [9.17, 15) is 4.79 Å². The quantitative estimate of drug-likeness (QED) is 0.897. The highest BCUT2D eigenvalue weighted by atomic mass is 16.2. The molecular weight excluding hydrogens is 250 g/mol. The van der Waals surface area contributed by atoms with E-state index in [4.69, 9.17) is 0 Å². The number of pyridine rings is 1. The van der Waals surface area contributed by atoms with Gasteiger partial charge in [-0.2, -0.15) is 0 Å². The summed E-state index contributed by atoms with van der Waals surface area (Å²) >= 11 is 0. The number of nitrogens with one attached hydrogen (secondary N) is 1. The van der Waals surface area contributed by atoms with E-state index >= 15 is 0 Å².